The summed E-state index contributed by atoms with van der Waals surface area (Å²) in [6, 6.07) is 8.04. The minimum absolute atomic E-state index is 0.0369. The van der Waals surface area contributed by atoms with Crippen molar-refractivity contribution in [1.82, 2.24) is 14.6 Å². The maximum Gasteiger partial charge on any atom is 0.413 e. The first-order valence-electron chi connectivity index (χ1n) is 6.79. The van der Waals surface area contributed by atoms with E-state index in [2.05, 4.69) is 10.1 Å². The Kier molecular flexibility index (Phi) is 4.68. The van der Waals surface area contributed by atoms with Crippen LogP contribution in [0.15, 0.2) is 30.5 Å². The lowest BCUT2D eigenvalue weighted by Crippen LogP contribution is -2.30. The average molecular weight is 397 g/mol. The molecule has 0 spiro atoms. The molecule has 2 heterocycles. The number of hydrogen-bond donors (Lipinski definition) is 1. The Bertz CT molecular complexity index is 1010. The van der Waals surface area contributed by atoms with Crippen LogP contribution in [0.5, 0.6) is 0 Å². The van der Waals surface area contributed by atoms with Gasteiger partial charge in [-0.05, 0) is 23.8 Å². The van der Waals surface area contributed by atoms with E-state index in [0.717, 1.165) is 4.90 Å². The number of nitrogens with zero attached hydrogens (tertiary/aromatic N) is 5. The van der Waals surface area contributed by atoms with Crippen LogP contribution in [0.2, 0.25) is 15.2 Å². The number of fused-ring (bicyclic) bond motifs is 1. The molecule has 0 aliphatic carbocycles. The zero-order valence-corrected chi connectivity index (χ0v) is 14.6. The van der Waals surface area contributed by atoms with Crippen molar-refractivity contribution < 1.29 is 9.90 Å². The lowest BCUT2D eigenvalue weighted by atomic mass is 10.2. The summed E-state index contributed by atoms with van der Waals surface area (Å²) in [6.45, 7) is -0.0488. The molecule has 7 nitrogen and oxygen atoms in total. The van der Waals surface area contributed by atoms with Crippen LogP contribution < -0.4 is 4.90 Å². The zero-order chi connectivity index (χ0) is 18.1. The Hall–Kier alpha value is -2.53. The molecule has 10 heteroatoms. The van der Waals surface area contributed by atoms with Crippen LogP contribution in [0.3, 0.4) is 0 Å². The molecule has 0 atom stereocenters. The molecule has 3 rings (SSSR count). The molecule has 1 aromatic carbocycles. The van der Waals surface area contributed by atoms with Gasteiger partial charge in [-0.2, -0.15) is 14.9 Å². The summed E-state index contributed by atoms with van der Waals surface area (Å²) >= 11 is 17.9. The van der Waals surface area contributed by atoms with E-state index < -0.39 is 6.09 Å². The van der Waals surface area contributed by atoms with Gasteiger partial charge in [0, 0.05) is 16.1 Å². The largest absolute Gasteiger partial charge is 0.465 e. The third kappa shape index (κ3) is 3.46. The maximum absolute atomic E-state index is 11.8. The Balaban J connectivity index is 2.13. The highest BCUT2D eigenvalue weighted by molar-refractivity contribution is 6.34. The van der Waals surface area contributed by atoms with Gasteiger partial charge < -0.3 is 5.11 Å². The molecule has 3 aromatic rings. The molecule has 0 bridgehead atoms. The summed E-state index contributed by atoms with van der Waals surface area (Å²) in [5.74, 6) is 0.139. The summed E-state index contributed by atoms with van der Waals surface area (Å²) in [5.41, 5.74) is 0.925. The van der Waals surface area contributed by atoms with E-state index in [1.165, 1.54) is 16.8 Å². The zero-order valence-electron chi connectivity index (χ0n) is 12.3. The number of hydrogen-bond acceptors (Lipinski definition) is 4. The van der Waals surface area contributed by atoms with Gasteiger partial charge in [-0.15, -0.1) is 0 Å². The third-order valence-corrected chi connectivity index (χ3v) is 3.94. The van der Waals surface area contributed by atoms with E-state index in [9.17, 15) is 9.90 Å². The fourth-order valence-electron chi connectivity index (χ4n) is 2.32. The van der Waals surface area contributed by atoms with E-state index in [4.69, 9.17) is 40.1 Å². The average Bonchev–Trinajstić information content (AvgIpc) is 2.93. The highest BCUT2D eigenvalue weighted by atomic mass is 35.5. The Labute approximate surface area is 156 Å². The standard InChI is InChI=1S/C15H8Cl3N5O2/c16-10-1-8(2-11(17)3-10)7-22(15(24)25)13-4-12(18)21-14-9(5-19)6-20-23(13)14/h1-4,6H,7H2,(H,24,25). The Morgan fingerprint density at radius 2 is 1.92 bits per heavy atom. The maximum atomic E-state index is 11.8. The Morgan fingerprint density at radius 1 is 1.24 bits per heavy atom. The topological polar surface area (TPSA) is 94.5 Å². The smallest absolute Gasteiger partial charge is 0.413 e. The molecule has 0 saturated heterocycles. The predicted molar refractivity (Wildman–Crippen MR) is 93.4 cm³/mol. The molecule has 1 amide bonds. The van der Waals surface area contributed by atoms with Crippen molar-refractivity contribution in [3.05, 3.63) is 56.8 Å². The second-order valence-corrected chi connectivity index (χ2v) is 6.25. The van der Waals surface area contributed by atoms with Crippen molar-refractivity contribution in [2.24, 2.45) is 0 Å². The molecular weight excluding hydrogens is 389 g/mol. The van der Waals surface area contributed by atoms with Crippen LogP contribution in [0.1, 0.15) is 11.1 Å². The third-order valence-electron chi connectivity index (χ3n) is 3.31. The van der Waals surface area contributed by atoms with E-state index >= 15 is 0 Å². The van der Waals surface area contributed by atoms with Gasteiger partial charge in [-0.3, -0.25) is 4.90 Å². The number of benzene rings is 1. The lowest BCUT2D eigenvalue weighted by Gasteiger charge is -2.20. The van der Waals surface area contributed by atoms with Gasteiger partial charge in [-0.25, -0.2) is 9.78 Å². The molecule has 25 heavy (non-hydrogen) atoms. The summed E-state index contributed by atoms with van der Waals surface area (Å²) < 4.78 is 1.24. The summed E-state index contributed by atoms with van der Waals surface area (Å²) in [5, 5.41) is 23.6. The summed E-state index contributed by atoms with van der Waals surface area (Å²) in [4.78, 5) is 16.8. The van der Waals surface area contributed by atoms with E-state index in [-0.39, 0.29) is 28.7 Å². The van der Waals surface area contributed by atoms with Crippen molar-refractivity contribution in [3.63, 3.8) is 0 Å². The fraction of sp³-hybridized carbons (Fsp3) is 0.0667. The molecule has 0 unspecified atom stereocenters. The van der Waals surface area contributed by atoms with Gasteiger partial charge in [0.2, 0.25) is 0 Å². The molecule has 0 saturated carbocycles. The summed E-state index contributed by atoms with van der Waals surface area (Å²) in [7, 11) is 0. The van der Waals surface area contributed by atoms with Crippen molar-refractivity contribution in [3.8, 4) is 6.07 Å². The van der Waals surface area contributed by atoms with Crippen molar-refractivity contribution >= 4 is 52.4 Å². The first-order chi connectivity index (χ1) is 11.9. The van der Waals surface area contributed by atoms with Gasteiger partial charge in [0.15, 0.2) is 5.65 Å². The number of nitriles is 1. The van der Waals surface area contributed by atoms with E-state index in [1.807, 2.05) is 6.07 Å². The van der Waals surface area contributed by atoms with Crippen molar-refractivity contribution in [1.29, 1.82) is 5.26 Å². The second-order valence-electron chi connectivity index (χ2n) is 4.99. The number of carbonyl (C=O) groups is 1. The van der Waals surface area contributed by atoms with Crippen LogP contribution in [0.4, 0.5) is 10.6 Å². The van der Waals surface area contributed by atoms with Gasteiger partial charge in [0.1, 0.15) is 22.6 Å². The fourth-order valence-corrected chi connectivity index (χ4v) is 3.07. The SMILES string of the molecule is N#Cc1cnn2c(N(Cc3cc(Cl)cc(Cl)c3)C(=O)O)cc(Cl)nc12. The lowest BCUT2D eigenvalue weighted by molar-refractivity contribution is 0.201. The molecule has 0 aliphatic heterocycles. The van der Waals surface area contributed by atoms with Gasteiger partial charge in [0.05, 0.1) is 12.7 Å². The van der Waals surface area contributed by atoms with E-state index in [0.29, 0.717) is 15.6 Å². The monoisotopic (exact) mass is 395 g/mol. The van der Waals surface area contributed by atoms with Gasteiger partial charge in [0.25, 0.3) is 0 Å². The normalized spacial score (nSPS) is 10.6. The number of anilines is 1. The summed E-state index contributed by atoms with van der Waals surface area (Å²) in [6.07, 6.45) is 0.0482. The molecule has 2 aromatic heterocycles. The van der Waals surface area contributed by atoms with Gasteiger partial charge in [-0.1, -0.05) is 34.8 Å². The molecule has 0 fully saturated rings. The molecule has 1 N–H and O–H groups in total. The first kappa shape index (κ1) is 17.3. The first-order valence-corrected chi connectivity index (χ1v) is 7.92. The van der Waals surface area contributed by atoms with Crippen LogP contribution in [0, 0.1) is 11.3 Å². The number of amides is 1. The molecule has 126 valence electrons. The van der Waals surface area contributed by atoms with E-state index in [1.54, 1.807) is 18.2 Å². The van der Waals surface area contributed by atoms with Gasteiger partial charge >= 0.3 is 6.09 Å². The van der Waals surface area contributed by atoms with Crippen molar-refractivity contribution in [2.75, 3.05) is 4.90 Å². The predicted octanol–water partition coefficient (Wildman–Crippen LogP) is 4.25. The number of rotatable bonds is 3. The molecular formula is C15H8Cl3N5O2. The number of halogens is 3. The Morgan fingerprint density at radius 3 is 2.52 bits per heavy atom. The minimum atomic E-state index is -1.24. The molecule has 0 radical (unpaired) electrons. The number of carboxylic acid groups (broad SMARTS) is 1. The highest BCUT2D eigenvalue weighted by Gasteiger charge is 2.21. The van der Waals surface area contributed by atoms with Crippen LogP contribution in [0.25, 0.3) is 5.65 Å². The van der Waals surface area contributed by atoms with Crippen LogP contribution in [-0.2, 0) is 6.54 Å². The van der Waals surface area contributed by atoms with Crippen LogP contribution in [-0.4, -0.2) is 25.8 Å². The quantitative estimate of drug-likeness (QED) is 0.668. The second kappa shape index (κ2) is 6.76. The minimum Gasteiger partial charge on any atom is -0.465 e. The highest BCUT2D eigenvalue weighted by Crippen LogP contribution is 2.26. The van der Waals surface area contributed by atoms with Crippen LogP contribution >= 0.6 is 34.8 Å². The van der Waals surface area contributed by atoms with Crippen molar-refractivity contribution in [2.45, 2.75) is 6.54 Å². The number of aromatic nitrogens is 3. The molecule has 0 aliphatic rings.